The molecule has 17 heavy (non-hydrogen) atoms. The Morgan fingerprint density at radius 3 is 3.12 bits per heavy atom. The predicted octanol–water partition coefficient (Wildman–Crippen LogP) is 0.692. The normalized spacial score (nSPS) is 17.3. The second-order valence-corrected chi connectivity index (χ2v) is 4.67. The highest BCUT2D eigenvalue weighted by Crippen LogP contribution is 2.28. The first kappa shape index (κ1) is 12.5. The van der Waals surface area contributed by atoms with Crippen molar-refractivity contribution >= 4 is 0 Å². The number of nitrogens with zero attached hydrogens (tertiary/aromatic N) is 2. The number of hydrogen-bond donors (Lipinski definition) is 2. The Morgan fingerprint density at radius 2 is 2.41 bits per heavy atom. The topological polar surface area (TPSA) is 73.3 Å². The number of hydrogen-bond acceptors (Lipinski definition) is 4. The molecule has 0 aromatic carbocycles. The summed E-state index contributed by atoms with van der Waals surface area (Å²) in [6.45, 7) is 2.48. The Hall–Kier alpha value is -0.910. The molecule has 0 saturated heterocycles. The van der Waals surface area contributed by atoms with Crippen molar-refractivity contribution in [2.45, 2.75) is 31.8 Å². The van der Waals surface area contributed by atoms with Crippen molar-refractivity contribution in [2.24, 2.45) is 11.7 Å². The Labute approximate surface area is 102 Å². The van der Waals surface area contributed by atoms with Crippen molar-refractivity contribution in [1.29, 1.82) is 0 Å². The SMILES string of the molecule is NC(CO)c1cncn1CCCOCC1CC1. The molecule has 1 unspecified atom stereocenters. The van der Waals surface area contributed by atoms with E-state index in [-0.39, 0.29) is 12.6 Å². The molecule has 0 bridgehead atoms. The Balaban J connectivity index is 1.68. The molecule has 0 radical (unpaired) electrons. The van der Waals surface area contributed by atoms with Gasteiger partial charge in [0, 0.05) is 26.0 Å². The summed E-state index contributed by atoms with van der Waals surface area (Å²) in [5.74, 6) is 0.821. The molecule has 1 aliphatic rings. The van der Waals surface area contributed by atoms with Crippen molar-refractivity contribution in [3.63, 3.8) is 0 Å². The van der Waals surface area contributed by atoms with Gasteiger partial charge in [0.15, 0.2) is 0 Å². The summed E-state index contributed by atoms with van der Waals surface area (Å²) in [4.78, 5) is 4.06. The summed E-state index contributed by atoms with van der Waals surface area (Å²) in [6.07, 6.45) is 7.08. The fraction of sp³-hybridized carbons (Fsp3) is 0.750. The molecule has 1 aromatic heterocycles. The van der Waals surface area contributed by atoms with Crippen LogP contribution in [0.1, 0.15) is 31.0 Å². The van der Waals surface area contributed by atoms with Gasteiger partial charge in [-0.3, -0.25) is 0 Å². The first-order valence-electron chi connectivity index (χ1n) is 6.25. The number of ether oxygens (including phenoxy) is 1. The Kier molecular flexibility index (Phi) is 4.53. The smallest absolute Gasteiger partial charge is 0.0948 e. The summed E-state index contributed by atoms with van der Waals surface area (Å²) >= 11 is 0. The lowest BCUT2D eigenvalue weighted by atomic mass is 10.2. The maximum atomic E-state index is 9.02. The van der Waals surface area contributed by atoms with Crippen molar-refractivity contribution in [3.05, 3.63) is 18.2 Å². The third kappa shape index (κ3) is 3.80. The summed E-state index contributed by atoms with van der Waals surface area (Å²) in [5, 5.41) is 9.02. The van der Waals surface area contributed by atoms with Crippen LogP contribution in [-0.2, 0) is 11.3 Å². The monoisotopic (exact) mass is 239 g/mol. The molecule has 96 valence electrons. The molecular formula is C12H21N3O2. The van der Waals surface area contributed by atoms with Gasteiger partial charge in [-0.05, 0) is 25.2 Å². The maximum absolute atomic E-state index is 9.02. The van der Waals surface area contributed by atoms with Crippen LogP contribution in [0.25, 0.3) is 0 Å². The molecule has 1 heterocycles. The zero-order valence-electron chi connectivity index (χ0n) is 10.1. The summed E-state index contributed by atoms with van der Waals surface area (Å²) < 4.78 is 7.56. The maximum Gasteiger partial charge on any atom is 0.0948 e. The highest BCUT2D eigenvalue weighted by atomic mass is 16.5. The van der Waals surface area contributed by atoms with E-state index in [1.54, 1.807) is 12.5 Å². The largest absolute Gasteiger partial charge is 0.394 e. The van der Waals surface area contributed by atoms with Crippen LogP contribution >= 0.6 is 0 Å². The fourth-order valence-corrected chi connectivity index (χ4v) is 1.79. The molecule has 2 rings (SSSR count). The van der Waals surface area contributed by atoms with E-state index in [2.05, 4.69) is 4.98 Å². The van der Waals surface area contributed by atoms with Gasteiger partial charge in [-0.25, -0.2) is 4.98 Å². The molecule has 5 nitrogen and oxygen atoms in total. The first-order chi connectivity index (χ1) is 8.31. The molecule has 3 N–H and O–H groups in total. The van der Waals surface area contributed by atoms with Crippen LogP contribution in [-0.4, -0.2) is 34.5 Å². The van der Waals surface area contributed by atoms with Gasteiger partial charge in [-0.1, -0.05) is 0 Å². The number of aryl methyl sites for hydroxylation is 1. The lowest BCUT2D eigenvalue weighted by molar-refractivity contribution is 0.119. The standard InChI is InChI=1S/C12H21N3O2/c13-11(7-16)12-6-14-9-15(12)4-1-5-17-8-10-2-3-10/h6,9-11,16H,1-5,7-8,13H2. The zero-order valence-corrected chi connectivity index (χ0v) is 10.1. The zero-order chi connectivity index (χ0) is 12.1. The molecule has 0 amide bonds. The molecule has 1 aromatic rings. The van der Waals surface area contributed by atoms with Gasteiger partial charge >= 0.3 is 0 Å². The van der Waals surface area contributed by atoms with Gasteiger partial charge in [0.25, 0.3) is 0 Å². The van der Waals surface area contributed by atoms with E-state index in [0.717, 1.165) is 37.8 Å². The quantitative estimate of drug-likeness (QED) is 0.655. The number of rotatable bonds is 8. The lowest BCUT2D eigenvalue weighted by Gasteiger charge is -2.12. The number of aliphatic hydroxyl groups excluding tert-OH is 1. The highest BCUT2D eigenvalue weighted by Gasteiger charge is 2.20. The third-order valence-corrected chi connectivity index (χ3v) is 3.06. The number of imidazole rings is 1. The van der Waals surface area contributed by atoms with Crippen LogP contribution in [0.4, 0.5) is 0 Å². The van der Waals surface area contributed by atoms with E-state index in [1.807, 2.05) is 4.57 Å². The predicted molar refractivity (Wildman–Crippen MR) is 64.4 cm³/mol. The van der Waals surface area contributed by atoms with E-state index in [4.69, 9.17) is 15.6 Å². The molecule has 1 fully saturated rings. The molecule has 5 heteroatoms. The van der Waals surface area contributed by atoms with Crippen molar-refractivity contribution in [1.82, 2.24) is 9.55 Å². The minimum atomic E-state index is -0.343. The molecular weight excluding hydrogens is 218 g/mol. The molecule has 1 aliphatic carbocycles. The molecule has 1 saturated carbocycles. The van der Waals surface area contributed by atoms with E-state index in [1.165, 1.54) is 12.8 Å². The average molecular weight is 239 g/mol. The number of aliphatic hydroxyl groups is 1. The van der Waals surface area contributed by atoms with Gasteiger partial charge in [0.05, 0.1) is 24.7 Å². The Bertz CT molecular complexity index is 336. The second kappa shape index (κ2) is 6.14. The van der Waals surface area contributed by atoms with Crippen molar-refractivity contribution < 1.29 is 9.84 Å². The van der Waals surface area contributed by atoms with E-state index >= 15 is 0 Å². The summed E-state index contributed by atoms with van der Waals surface area (Å²) in [5.41, 5.74) is 6.66. The van der Waals surface area contributed by atoms with E-state index in [9.17, 15) is 0 Å². The van der Waals surface area contributed by atoms with Crippen LogP contribution in [0.5, 0.6) is 0 Å². The van der Waals surface area contributed by atoms with Gasteiger partial charge in [0.2, 0.25) is 0 Å². The van der Waals surface area contributed by atoms with Gasteiger partial charge < -0.3 is 20.1 Å². The molecule has 0 spiro atoms. The van der Waals surface area contributed by atoms with Crippen LogP contribution in [0.15, 0.2) is 12.5 Å². The highest BCUT2D eigenvalue weighted by molar-refractivity contribution is 5.04. The first-order valence-corrected chi connectivity index (χ1v) is 6.25. The van der Waals surface area contributed by atoms with E-state index < -0.39 is 0 Å². The summed E-state index contributed by atoms with van der Waals surface area (Å²) in [6, 6.07) is -0.343. The minimum absolute atomic E-state index is 0.0517. The van der Waals surface area contributed by atoms with Gasteiger partial charge in [-0.2, -0.15) is 0 Å². The summed E-state index contributed by atoms with van der Waals surface area (Å²) in [7, 11) is 0. The lowest BCUT2D eigenvalue weighted by Crippen LogP contribution is -2.19. The van der Waals surface area contributed by atoms with Crippen LogP contribution in [0.3, 0.4) is 0 Å². The van der Waals surface area contributed by atoms with Crippen molar-refractivity contribution in [3.8, 4) is 0 Å². The third-order valence-electron chi connectivity index (χ3n) is 3.06. The number of aromatic nitrogens is 2. The number of nitrogens with two attached hydrogens (primary N) is 1. The average Bonchev–Trinajstić information content (AvgIpc) is 3.05. The van der Waals surface area contributed by atoms with Gasteiger partial charge in [-0.15, -0.1) is 0 Å². The molecule has 1 atom stereocenters. The second-order valence-electron chi connectivity index (χ2n) is 4.67. The van der Waals surface area contributed by atoms with Gasteiger partial charge in [0.1, 0.15) is 0 Å². The Morgan fingerprint density at radius 1 is 1.59 bits per heavy atom. The van der Waals surface area contributed by atoms with Crippen molar-refractivity contribution in [2.75, 3.05) is 19.8 Å². The van der Waals surface area contributed by atoms with Crippen LogP contribution < -0.4 is 5.73 Å². The van der Waals surface area contributed by atoms with E-state index in [0.29, 0.717) is 0 Å². The molecule has 0 aliphatic heterocycles. The fourth-order valence-electron chi connectivity index (χ4n) is 1.79. The van der Waals surface area contributed by atoms with Crippen LogP contribution in [0, 0.1) is 5.92 Å². The minimum Gasteiger partial charge on any atom is -0.394 e. The van der Waals surface area contributed by atoms with Crippen LogP contribution in [0.2, 0.25) is 0 Å².